The van der Waals surface area contributed by atoms with Gasteiger partial charge in [0.15, 0.2) is 0 Å². The number of piperidine rings is 1. The molecule has 1 aromatic rings. The molecule has 0 N–H and O–H groups in total. The van der Waals surface area contributed by atoms with Crippen LogP contribution in [0.4, 0.5) is 5.69 Å². The molecule has 2 saturated heterocycles. The molecule has 3 rings (SSSR count). The third-order valence-electron chi connectivity index (χ3n) is 4.45. The van der Waals surface area contributed by atoms with Gasteiger partial charge in [0.25, 0.3) is 5.91 Å². The third-order valence-corrected chi connectivity index (χ3v) is 6.32. The van der Waals surface area contributed by atoms with Crippen molar-refractivity contribution in [1.82, 2.24) is 4.90 Å². The first kappa shape index (κ1) is 15.3. The Morgan fingerprint density at radius 2 is 1.86 bits per heavy atom. The summed E-state index contributed by atoms with van der Waals surface area (Å²) >= 11 is 0. The van der Waals surface area contributed by atoms with E-state index in [1.165, 1.54) is 10.7 Å². The summed E-state index contributed by atoms with van der Waals surface area (Å²) in [6.07, 6.45) is 2.89. The summed E-state index contributed by atoms with van der Waals surface area (Å²) in [5, 5.41) is 0. The van der Waals surface area contributed by atoms with E-state index in [0.29, 0.717) is 30.1 Å². The highest BCUT2D eigenvalue weighted by Gasteiger charge is 2.28. The van der Waals surface area contributed by atoms with E-state index in [-0.39, 0.29) is 11.7 Å². The molecule has 0 saturated carbocycles. The molecule has 1 aromatic carbocycles. The van der Waals surface area contributed by atoms with Crippen molar-refractivity contribution in [3.05, 3.63) is 29.8 Å². The number of carbonyl (C=O) groups is 1. The SMILES string of the molecule is C[C@@H]1CCCN(C(=O)c2ccc(N3CCCS3(=O)=O)cc2)C1. The first-order valence-corrected chi connectivity index (χ1v) is 9.48. The molecular weight excluding hydrogens is 300 g/mol. The Kier molecular flexibility index (Phi) is 4.12. The quantitative estimate of drug-likeness (QED) is 0.838. The topological polar surface area (TPSA) is 57.7 Å². The summed E-state index contributed by atoms with van der Waals surface area (Å²) in [7, 11) is -3.16. The lowest BCUT2D eigenvalue weighted by atomic mass is 9.99. The van der Waals surface area contributed by atoms with Crippen LogP contribution in [0.15, 0.2) is 24.3 Å². The van der Waals surface area contributed by atoms with E-state index in [4.69, 9.17) is 0 Å². The lowest BCUT2D eigenvalue weighted by Crippen LogP contribution is -2.39. The van der Waals surface area contributed by atoms with Gasteiger partial charge in [-0.3, -0.25) is 9.10 Å². The maximum absolute atomic E-state index is 12.5. The van der Waals surface area contributed by atoms with Crippen molar-refractivity contribution in [2.24, 2.45) is 5.92 Å². The third kappa shape index (κ3) is 2.97. The Bertz CT molecular complexity index is 654. The zero-order chi connectivity index (χ0) is 15.7. The van der Waals surface area contributed by atoms with Crippen LogP contribution in [0.25, 0.3) is 0 Å². The number of hydrogen-bond acceptors (Lipinski definition) is 3. The standard InChI is InChI=1S/C16H22N2O3S/c1-13-4-2-9-17(12-13)16(19)14-5-7-15(8-6-14)18-10-3-11-22(18,20)21/h5-8,13H,2-4,9-12H2,1H3/t13-/m1/s1. The highest BCUT2D eigenvalue weighted by molar-refractivity contribution is 7.93. The van der Waals surface area contributed by atoms with Crippen LogP contribution < -0.4 is 4.31 Å². The molecule has 6 heteroatoms. The van der Waals surface area contributed by atoms with Gasteiger partial charge in [0.05, 0.1) is 11.4 Å². The lowest BCUT2D eigenvalue weighted by molar-refractivity contribution is 0.0683. The molecule has 5 nitrogen and oxygen atoms in total. The fraction of sp³-hybridized carbons (Fsp3) is 0.562. The second-order valence-corrected chi connectivity index (χ2v) is 8.30. The summed E-state index contributed by atoms with van der Waals surface area (Å²) in [5.41, 5.74) is 1.29. The molecule has 0 aromatic heterocycles. The van der Waals surface area contributed by atoms with Gasteiger partial charge >= 0.3 is 0 Å². The second kappa shape index (κ2) is 5.91. The summed E-state index contributed by atoms with van der Waals surface area (Å²) < 4.78 is 25.3. The minimum absolute atomic E-state index is 0.0439. The molecular formula is C16H22N2O3S. The van der Waals surface area contributed by atoms with Gasteiger partial charge in [0, 0.05) is 25.2 Å². The van der Waals surface area contributed by atoms with E-state index in [9.17, 15) is 13.2 Å². The number of carbonyl (C=O) groups excluding carboxylic acids is 1. The van der Waals surface area contributed by atoms with E-state index >= 15 is 0 Å². The number of rotatable bonds is 2. The van der Waals surface area contributed by atoms with Gasteiger partial charge in [-0.15, -0.1) is 0 Å². The number of hydrogen-bond donors (Lipinski definition) is 0. The van der Waals surface area contributed by atoms with E-state index < -0.39 is 10.0 Å². The summed E-state index contributed by atoms with van der Waals surface area (Å²) in [6, 6.07) is 6.96. The van der Waals surface area contributed by atoms with Crippen molar-refractivity contribution in [2.45, 2.75) is 26.2 Å². The van der Waals surface area contributed by atoms with Crippen LogP contribution in [-0.2, 0) is 10.0 Å². The molecule has 22 heavy (non-hydrogen) atoms. The van der Waals surface area contributed by atoms with Gasteiger partial charge in [-0.05, 0) is 49.4 Å². The molecule has 1 amide bonds. The van der Waals surface area contributed by atoms with Crippen molar-refractivity contribution < 1.29 is 13.2 Å². The Morgan fingerprint density at radius 3 is 2.45 bits per heavy atom. The molecule has 120 valence electrons. The highest BCUT2D eigenvalue weighted by atomic mass is 32.2. The monoisotopic (exact) mass is 322 g/mol. The number of sulfonamides is 1. The van der Waals surface area contributed by atoms with E-state index in [2.05, 4.69) is 6.92 Å². The normalized spacial score (nSPS) is 24.5. The predicted molar refractivity (Wildman–Crippen MR) is 86.5 cm³/mol. The van der Waals surface area contributed by atoms with Crippen LogP contribution >= 0.6 is 0 Å². The lowest BCUT2D eigenvalue weighted by Gasteiger charge is -2.31. The van der Waals surface area contributed by atoms with Crippen molar-refractivity contribution in [3.8, 4) is 0 Å². The number of anilines is 1. The fourth-order valence-electron chi connectivity index (χ4n) is 3.26. The molecule has 0 aliphatic carbocycles. The van der Waals surface area contributed by atoms with Crippen LogP contribution in [-0.4, -0.2) is 44.6 Å². The molecule has 2 heterocycles. The Hall–Kier alpha value is -1.56. The minimum atomic E-state index is -3.16. The number of nitrogens with zero attached hydrogens (tertiary/aromatic N) is 2. The Morgan fingerprint density at radius 1 is 1.14 bits per heavy atom. The van der Waals surface area contributed by atoms with Gasteiger partial charge in [-0.1, -0.05) is 6.92 Å². The molecule has 0 radical (unpaired) electrons. The van der Waals surface area contributed by atoms with Crippen LogP contribution in [0.2, 0.25) is 0 Å². The number of benzene rings is 1. The summed E-state index contributed by atoms with van der Waals surface area (Å²) in [4.78, 5) is 14.4. The first-order chi connectivity index (χ1) is 10.5. The molecule has 1 atom stereocenters. The van der Waals surface area contributed by atoms with Gasteiger partial charge in [-0.25, -0.2) is 8.42 Å². The smallest absolute Gasteiger partial charge is 0.253 e. The first-order valence-electron chi connectivity index (χ1n) is 7.87. The van der Waals surface area contributed by atoms with Crippen molar-refractivity contribution in [2.75, 3.05) is 29.7 Å². The molecule has 0 spiro atoms. The van der Waals surface area contributed by atoms with E-state index in [0.717, 1.165) is 19.5 Å². The highest BCUT2D eigenvalue weighted by Crippen LogP contribution is 2.25. The van der Waals surface area contributed by atoms with Gasteiger partial charge in [0.2, 0.25) is 10.0 Å². The van der Waals surface area contributed by atoms with Crippen molar-refractivity contribution >= 4 is 21.6 Å². The average Bonchev–Trinajstić information content (AvgIpc) is 2.86. The van der Waals surface area contributed by atoms with E-state index in [1.807, 2.05) is 4.90 Å². The van der Waals surface area contributed by atoms with Crippen LogP contribution in [0.5, 0.6) is 0 Å². The average molecular weight is 322 g/mol. The van der Waals surface area contributed by atoms with Gasteiger partial charge in [0.1, 0.15) is 0 Å². The molecule has 2 aliphatic heterocycles. The maximum atomic E-state index is 12.5. The second-order valence-electron chi connectivity index (χ2n) is 6.29. The zero-order valence-corrected chi connectivity index (χ0v) is 13.7. The van der Waals surface area contributed by atoms with Crippen molar-refractivity contribution in [3.63, 3.8) is 0 Å². The van der Waals surface area contributed by atoms with Crippen LogP contribution in [0.1, 0.15) is 36.5 Å². The number of likely N-dealkylation sites (tertiary alicyclic amines) is 1. The molecule has 2 aliphatic rings. The van der Waals surface area contributed by atoms with E-state index in [1.54, 1.807) is 24.3 Å². The molecule has 0 unspecified atom stereocenters. The van der Waals surface area contributed by atoms with Crippen LogP contribution in [0.3, 0.4) is 0 Å². The van der Waals surface area contributed by atoms with Crippen molar-refractivity contribution in [1.29, 1.82) is 0 Å². The zero-order valence-electron chi connectivity index (χ0n) is 12.9. The molecule has 2 fully saturated rings. The Balaban J connectivity index is 1.75. The molecule has 0 bridgehead atoms. The van der Waals surface area contributed by atoms with Gasteiger partial charge in [-0.2, -0.15) is 0 Å². The Labute approximate surface area is 132 Å². The number of amides is 1. The van der Waals surface area contributed by atoms with Gasteiger partial charge < -0.3 is 4.90 Å². The van der Waals surface area contributed by atoms with Crippen LogP contribution in [0, 0.1) is 5.92 Å². The summed E-state index contributed by atoms with van der Waals surface area (Å²) in [6.45, 7) is 4.31. The fourth-order valence-corrected chi connectivity index (χ4v) is 4.82. The predicted octanol–water partition coefficient (Wildman–Crippen LogP) is 2.10. The summed E-state index contributed by atoms with van der Waals surface area (Å²) in [5.74, 6) is 0.799. The maximum Gasteiger partial charge on any atom is 0.253 e. The largest absolute Gasteiger partial charge is 0.338 e. The minimum Gasteiger partial charge on any atom is -0.338 e.